The number of para-hydroxylation sites is 2. The van der Waals surface area contributed by atoms with E-state index in [1.165, 1.54) is 13.3 Å². The van der Waals surface area contributed by atoms with E-state index in [1.807, 2.05) is 47.0 Å². The lowest BCUT2D eigenvalue weighted by Crippen LogP contribution is -2.24. The summed E-state index contributed by atoms with van der Waals surface area (Å²) in [4.78, 5) is 17.5. The number of hydrogen-bond donors (Lipinski definition) is 2. The van der Waals surface area contributed by atoms with Crippen LogP contribution in [0.25, 0.3) is 11.0 Å². The molecule has 1 amide bonds. The van der Waals surface area contributed by atoms with Crippen LogP contribution in [0.15, 0.2) is 64.2 Å². The second kappa shape index (κ2) is 11.1. The van der Waals surface area contributed by atoms with Gasteiger partial charge in [0.1, 0.15) is 23.9 Å². The molecule has 36 heavy (non-hydrogen) atoms. The van der Waals surface area contributed by atoms with Gasteiger partial charge in [0.25, 0.3) is 5.91 Å². The molecule has 0 unspecified atom stereocenters. The molecule has 0 saturated carbocycles. The van der Waals surface area contributed by atoms with Crippen LogP contribution in [0.5, 0.6) is 23.0 Å². The van der Waals surface area contributed by atoms with Gasteiger partial charge in [0.2, 0.25) is 0 Å². The summed E-state index contributed by atoms with van der Waals surface area (Å²) in [7, 11) is 4.70. The Morgan fingerprint density at radius 2 is 1.86 bits per heavy atom. The van der Waals surface area contributed by atoms with Gasteiger partial charge in [-0.25, -0.2) is 10.4 Å². The molecule has 0 saturated heterocycles. The Bertz CT molecular complexity index is 1430. The fraction of sp³-hybridized carbons (Fsp3) is 0.192. The zero-order valence-electron chi connectivity index (χ0n) is 20.0. The molecule has 0 atom stereocenters. The van der Waals surface area contributed by atoms with Crippen molar-refractivity contribution in [1.29, 1.82) is 0 Å². The van der Waals surface area contributed by atoms with Gasteiger partial charge in [-0.15, -0.1) is 0 Å². The van der Waals surface area contributed by atoms with Gasteiger partial charge >= 0.3 is 0 Å². The van der Waals surface area contributed by atoms with Crippen molar-refractivity contribution in [2.75, 3.05) is 21.3 Å². The summed E-state index contributed by atoms with van der Waals surface area (Å²) < 4.78 is 18.3. The number of nitrogens with zero attached hydrogens (tertiary/aromatic N) is 3. The van der Waals surface area contributed by atoms with E-state index >= 15 is 0 Å². The van der Waals surface area contributed by atoms with Crippen LogP contribution in [0.1, 0.15) is 17.0 Å². The third-order valence-corrected chi connectivity index (χ3v) is 6.14. The molecule has 0 fully saturated rings. The Labute approximate surface area is 216 Å². The van der Waals surface area contributed by atoms with E-state index in [0.29, 0.717) is 33.7 Å². The number of hydrogen-bond acceptors (Lipinski definition) is 7. The third kappa shape index (κ3) is 5.44. The monoisotopic (exact) mass is 552 g/mol. The van der Waals surface area contributed by atoms with Gasteiger partial charge < -0.3 is 23.9 Å². The molecular formula is C26H25BrN4O5. The molecule has 3 aromatic carbocycles. The van der Waals surface area contributed by atoms with E-state index in [2.05, 4.69) is 26.5 Å². The van der Waals surface area contributed by atoms with Crippen molar-refractivity contribution in [1.82, 2.24) is 15.0 Å². The number of fused-ring (bicyclic) bond motifs is 1. The van der Waals surface area contributed by atoms with Gasteiger partial charge in [0.05, 0.1) is 43.1 Å². The summed E-state index contributed by atoms with van der Waals surface area (Å²) in [6.45, 7) is 0.00820. The van der Waals surface area contributed by atoms with Crippen LogP contribution >= 0.6 is 15.9 Å². The fourth-order valence-electron chi connectivity index (χ4n) is 3.77. The molecular weight excluding hydrogens is 528 g/mol. The predicted molar refractivity (Wildman–Crippen MR) is 140 cm³/mol. The molecule has 10 heteroatoms. The van der Waals surface area contributed by atoms with Gasteiger partial charge in [-0.2, -0.15) is 5.10 Å². The highest BCUT2D eigenvalue weighted by molar-refractivity contribution is 9.10. The maximum Gasteiger partial charge on any atom is 0.260 e. The molecule has 0 radical (unpaired) electrons. The van der Waals surface area contributed by atoms with Crippen molar-refractivity contribution >= 4 is 39.1 Å². The minimum atomic E-state index is -0.343. The molecule has 2 N–H and O–H groups in total. The van der Waals surface area contributed by atoms with Crippen LogP contribution in [0.4, 0.5) is 0 Å². The van der Waals surface area contributed by atoms with Crippen LogP contribution in [-0.2, 0) is 17.8 Å². The summed E-state index contributed by atoms with van der Waals surface area (Å²) in [5.41, 5.74) is 5.50. The van der Waals surface area contributed by atoms with Crippen molar-refractivity contribution in [2.24, 2.45) is 5.10 Å². The highest BCUT2D eigenvalue weighted by Crippen LogP contribution is 2.32. The molecule has 186 valence electrons. The van der Waals surface area contributed by atoms with Gasteiger partial charge in [0.15, 0.2) is 11.5 Å². The van der Waals surface area contributed by atoms with E-state index in [1.54, 1.807) is 26.4 Å². The molecule has 0 aliphatic heterocycles. The number of rotatable bonds is 9. The number of aromatic nitrogens is 2. The first kappa shape index (κ1) is 25.1. The standard InChI is InChI=1S/C26H25BrN4O5/c1-34-18-12-17(26(33)19(27)13-18)14-28-30-25(32)15-31-21-7-5-4-6-20(21)29-24(31)11-16-8-9-22(35-2)23(10-16)36-3/h4-10,12-14,33H,11,15H2,1-3H3,(H,30,32)/b28-14-. The van der Waals surface area contributed by atoms with Crippen molar-refractivity contribution in [2.45, 2.75) is 13.0 Å². The SMILES string of the molecule is COc1cc(Br)c(O)c(/C=N\NC(=O)Cn2c(Cc3ccc(OC)c(OC)c3)nc3ccccc32)c1. The lowest BCUT2D eigenvalue weighted by atomic mass is 10.1. The second-order valence-corrected chi connectivity index (χ2v) is 8.66. The second-order valence-electron chi connectivity index (χ2n) is 7.81. The van der Waals surface area contributed by atoms with Gasteiger partial charge in [-0.1, -0.05) is 18.2 Å². The van der Waals surface area contributed by atoms with Gasteiger partial charge in [-0.05, 0) is 57.9 Å². The number of carbonyl (C=O) groups is 1. The average molecular weight is 553 g/mol. The molecule has 4 aromatic rings. The maximum atomic E-state index is 12.8. The molecule has 9 nitrogen and oxygen atoms in total. The number of amides is 1. The molecule has 0 spiro atoms. The largest absolute Gasteiger partial charge is 0.506 e. The number of nitrogens with one attached hydrogen (secondary N) is 1. The number of ether oxygens (including phenoxy) is 3. The highest BCUT2D eigenvalue weighted by Gasteiger charge is 2.15. The third-order valence-electron chi connectivity index (χ3n) is 5.54. The van der Waals surface area contributed by atoms with E-state index in [0.717, 1.165) is 22.4 Å². The van der Waals surface area contributed by atoms with Crippen LogP contribution in [-0.4, -0.2) is 48.1 Å². The van der Waals surface area contributed by atoms with Crippen molar-refractivity contribution in [3.05, 3.63) is 76.0 Å². The number of benzene rings is 3. The van der Waals surface area contributed by atoms with Gasteiger partial charge in [-0.3, -0.25) is 4.79 Å². The van der Waals surface area contributed by atoms with Gasteiger partial charge in [0, 0.05) is 12.0 Å². The Hall–Kier alpha value is -4.05. The lowest BCUT2D eigenvalue weighted by molar-refractivity contribution is -0.121. The topological polar surface area (TPSA) is 107 Å². The number of imidazole rings is 1. The first-order valence-corrected chi connectivity index (χ1v) is 11.8. The number of phenolic OH excluding ortho intramolecular Hbond substituents is 1. The summed E-state index contributed by atoms with van der Waals surface area (Å²) in [6.07, 6.45) is 1.84. The Kier molecular flexibility index (Phi) is 7.74. The molecule has 0 aliphatic carbocycles. The summed E-state index contributed by atoms with van der Waals surface area (Å²) in [5, 5.41) is 14.2. The van der Waals surface area contributed by atoms with E-state index in [4.69, 9.17) is 19.2 Å². The quantitative estimate of drug-likeness (QED) is 0.237. The van der Waals surface area contributed by atoms with Crippen LogP contribution in [0.2, 0.25) is 0 Å². The zero-order valence-corrected chi connectivity index (χ0v) is 21.6. The number of aromatic hydroxyl groups is 1. The predicted octanol–water partition coefficient (Wildman–Crippen LogP) is 4.27. The summed E-state index contributed by atoms with van der Waals surface area (Å²) in [5.74, 6) is 2.17. The van der Waals surface area contributed by atoms with Crippen molar-refractivity contribution in [3.63, 3.8) is 0 Å². The van der Waals surface area contributed by atoms with E-state index in [-0.39, 0.29) is 18.2 Å². The number of methoxy groups -OCH3 is 3. The fourth-order valence-corrected chi connectivity index (χ4v) is 4.23. The molecule has 1 heterocycles. The smallest absolute Gasteiger partial charge is 0.260 e. The number of hydrazone groups is 1. The van der Waals surface area contributed by atoms with Crippen LogP contribution < -0.4 is 19.6 Å². The lowest BCUT2D eigenvalue weighted by Gasteiger charge is -2.11. The molecule has 0 bridgehead atoms. The van der Waals surface area contributed by atoms with Crippen LogP contribution in [0.3, 0.4) is 0 Å². The molecule has 0 aliphatic rings. The van der Waals surface area contributed by atoms with E-state index < -0.39 is 0 Å². The van der Waals surface area contributed by atoms with E-state index in [9.17, 15) is 9.90 Å². The Balaban J connectivity index is 1.56. The first-order chi connectivity index (χ1) is 17.4. The minimum Gasteiger partial charge on any atom is -0.506 e. The maximum absolute atomic E-state index is 12.8. The molecule has 1 aromatic heterocycles. The Morgan fingerprint density at radius 3 is 2.61 bits per heavy atom. The number of halogens is 1. The zero-order chi connectivity index (χ0) is 25.7. The average Bonchev–Trinajstić information content (AvgIpc) is 3.22. The minimum absolute atomic E-state index is 0.00777. The van der Waals surface area contributed by atoms with Crippen LogP contribution in [0, 0.1) is 0 Å². The van der Waals surface area contributed by atoms with Crippen molar-refractivity contribution in [3.8, 4) is 23.0 Å². The number of carbonyl (C=O) groups excluding carboxylic acids is 1. The first-order valence-electron chi connectivity index (χ1n) is 11.0. The summed E-state index contributed by atoms with van der Waals surface area (Å²) in [6, 6.07) is 16.6. The summed E-state index contributed by atoms with van der Waals surface area (Å²) >= 11 is 3.27. The number of phenols is 1. The highest BCUT2D eigenvalue weighted by atomic mass is 79.9. The van der Waals surface area contributed by atoms with Crippen molar-refractivity contribution < 1.29 is 24.1 Å². The molecule has 4 rings (SSSR count). The Morgan fingerprint density at radius 1 is 1.08 bits per heavy atom. The normalized spacial score (nSPS) is 11.1.